The third kappa shape index (κ3) is 4.43. The van der Waals surface area contributed by atoms with Gasteiger partial charge in [-0.2, -0.15) is 0 Å². The van der Waals surface area contributed by atoms with E-state index >= 15 is 0 Å². The van der Waals surface area contributed by atoms with Crippen LogP contribution < -0.4 is 22.1 Å². The summed E-state index contributed by atoms with van der Waals surface area (Å²) in [5.74, 6) is 0. The SMILES string of the molecule is Nc1ccc(NCCCNc2ccc(N)cc2)cc1. The van der Waals surface area contributed by atoms with E-state index in [4.69, 9.17) is 11.5 Å². The van der Waals surface area contributed by atoms with E-state index in [1.165, 1.54) is 0 Å². The van der Waals surface area contributed by atoms with Gasteiger partial charge in [-0.25, -0.2) is 0 Å². The number of nitrogens with one attached hydrogen (secondary N) is 2. The lowest BCUT2D eigenvalue weighted by atomic mass is 10.2. The van der Waals surface area contributed by atoms with E-state index in [0.29, 0.717) is 0 Å². The van der Waals surface area contributed by atoms with Gasteiger partial charge in [0.2, 0.25) is 0 Å². The molecule has 0 heterocycles. The maximum atomic E-state index is 5.63. The Bertz CT molecular complexity index is 443. The first-order valence-electron chi connectivity index (χ1n) is 6.43. The largest absolute Gasteiger partial charge is 0.399 e. The summed E-state index contributed by atoms with van der Waals surface area (Å²) in [4.78, 5) is 0. The Morgan fingerprint density at radius 2 is 1.00 bits per heavy atom. The van der Waals surface area contributed by atoms with Crippen LogP contribution in [0.15, 0.2) is 48.5 Å². The summed E-state index contributed by atoms with van der Waals surface area (Å²) < 4.78 is 0. The van der Waals surface area contributed by atoms with Gasteiger partial charge in [-0.1, -0.05) is 0 Å². The van der Waals surface area contributed by atoms with Crippen LogP contribution in [0.3, 0.4) is 0 Å². The number of nitrogen functional groups attached to an aromatic ring is 2. The number of nitrogens with two attached hydrogens (primary N) is 2. The fraction of sp³-hybridized carbons (Fsp3) is 0.200. The van der Waals surface area contributed by atoms with E-state index in [9.17, 15) is 0 Å². The number of benzene rings is 2. The van der Waals surface area contributed by atoms with Gasteiger partial charge in [-0.3, -0.25) is 0 Å². The fourth-order valence-corrected chi connectivity index (χ4v) is 1.76. The minimum Gasteiger partial charge on any atom is -0.399 e. The highest BCUT2D eigenvalue weighted by atomic mass is 14.9. The molecule has 0 aliphatic carbocycles. The standard InChI is InChI=1S/C15H20N4/c16-12-2-6-14(7-3-12)18-10-1-11-19-15-8-4-13(17)5-9-15/h2-9,18-19H,1,10-11,16-17H2. The van der Waals surface area contributed by atoms with E-state index in [1.54, 1.807) is 0 Å². The maximum Gasteiger partial charge on any atom is 0.0341 e. The Morgan fingerprint density at radius 1 is 0.632 bits per heavy atom. The zero-order chi connectivity index (χ0) is 13.5. The Morgan fingerprint density at radius 3 is 1.37 bits per heavy atom. The van der Waals surface area contributed by atoms with Crippen LogP contribution in [0.1, 0.15) is 6.42 Å². The Kier molecular flexibility index (Phi) is 4.50. The van der Waals surface area contributed by atoms with Gasteiger partial charge in [0.1, 0.15) is 0 Å². The van der Waals surface area contributed by atoms with Gasteiger partial charge < -0.3 is 22.1 Å². The average Bonchev–Trinajstić information content (AvgIpc) is 2.43. The lowest BCUT2D eigenvalue weighted by Crippen LogP contribution is -2.09. The summed E-state index contributed by atoms with van der Waals surface area (Å²) in [7, 11) is 0. The van der Waals surface area contributed by atoms with Crippen LogP contribution in [0.5, 0.6) is 0 Å². The van der Waals surface area contributed by atoms with Gasteiger partial charge in [0.15, 0.2) is 0 Å². The fourth-order valence-electron chi connectivity index (χ4n) is 1.76. The van der Waals surface area contributed by atoms with E-state index in [1.807, 2.05) is 48.5 Å². The molecule has 2 aromatic rings. The first kappa shape index (κ1) is 13.1. The predicted molar refractivity (Wildman–Crippen MR) is 83.3 cm³/mol. The van der Waals surface area contributed by atoms with E-state index in [-0.39, 0.29) is 0 Å². The second-order valence-corrected chi connectivity index (χ2v) is 4.45. The van der Waals surface area contributed by atoms with Gasteiger partial charge in [0.25, 0.3) is 0 Å². The van der Waals surface area contributed by atoms with Crippen molar-refractivity contribution in [3.05, 3.63) is 48.5 Å². The lowest BCUT2D eigenvalue weighted by Gasteiger charge is -2.08. The summed E-state index contributed by atoms with van der Waals surface area (Å²) in [5.41, 5.74) is 15.0. The predicted octanol–water partition coefficient (Wildman–Crippen LogP) is 2.77. The molecule has 0 atom stereocenters. The van der Waals surface area contributed by atoms with Crippen LogP contribution in [-0.4, -0.2) is 13.1 Å². The summed E-state index contributed by atoms with van der Waals surface area (Å²) in [6, 6.07) is 15.5. The second kappa shape index (κ2) is 6.54. The molecule has 4 heteroatoms. The van der Waals surface area contributed by atoms with Crippen molar-refractivity contribution in [3.63, 3.8) is 0 Å². The molecule has 0 unspecified atom stereocenters. The highest BCUT2D eigenvalue weighted by molar-refractivity contribution is 5.52. The van der Waals surface area contributed by atoms with Gasteiger partial charge in [0.05, 0.1) is 0 Å². The summed E-state index contributed by atoms with van der Waals surface area (Å²) >= 11 is 0. The van der Waals surface area contributed by atoms with Crippen molar-refractivity contribution in [3.8, 4) is 0 Å². The van der Waals surface area contributed by atoms with E-state index in [0.717, 1.165) is 42.3 Å². The van der Waals surface area contributed by atoms with Gasteiger partial charge >= 0.3 is 0 Å². The molecule has 0 fully saturated rings. The van der Waals surface area contributed by atoms with Crippen molar-refractivity contribution in [1.29, 1.82) is 0 Å². The molecular weight excluding hydrogens is 236 g/mol. The Balaban J connectivity index is 1.64. The molecule has 0 radical (unpaired) electrons. The first-order valence-corrected chi connectivity index (χ1v) is 6.43. The molecule has 0 aliphatic heterocycles. The molecule has 4 nitrogen and oxygen atoms in total. The van der Waals surface area contributed by atoms with Gasteiger partial charge in [-0.05, 0) is 55.0 Å². The van der Waals surface area contributed by atoms with Crippen LogP contribution in [0.2, 0.25) is 0 Å². The molecule has 19 heavy (non-hydrogen) atoms. The lowest BCUT2D eigenvalue weighted by molar-refractivity contribution is 0.909. The number of anilines is 4. The summed E-state index contributed by atoms with van der Waals surface area (Å²) in [5, 5.41) is 6.70. The van der Waals surface area contributed by atoms with E-state index < -0.39 is 0 Å². The molecule has 0 saturated carbocycles. The minimum atomic E-state index is 0.788. The summed E-state index contributed by atoms with van der Waals surface area (Å²) in [6.45, 7) is 1.85. The zero-order valence-electron chi connectivity index (χ0n) is 10.9. The molecule has 0 aliphatic rings. The van der Waals surface area contributed by atoms with Crippen molar-refractivity contribution >= 4 is 22.7 Å². The van der Waals surface area contributed by atoms with Crippen molar-refractivity contribution in [2.24, 2.45) is 0 Å². The highest BCUT2D eigenvalue weighted by Crippen LogP contribution is 2.11. The zero-order valence-corrected chi connectivity index (χ0v) is 10.9. The topological polar surface area (TPSA) is 76.1 Å². The van der Waals surface area contributed by atoms with Crippen molar-refractivity contribution in [2.75, 3.05) is 35.2 Å². The molecule has 0 saturated heterocycles. The van der Waals surface area contributed by atoms with Gasteiger partial charge in [-0.15, -0.1) is 0 Å². The van der Waals surface area contributed by atoms with Crippen molar-refractivity contribution < 1.29 is 0 Å². The number of rotatable bonds is 6. The second-order valence-electron chi connectivity index (χ2n) is 4.45. The van der Waals surface area contributed by atoms with Crippen LogP contribution in [0, 0.1) is 0 Å². The molecule has 2 rings (SSSR count). The van der Waals surface area contributed by atoms with Gasteiger partial charge in [0, 0.05) is 35.8 Å². The molecule has 0 amide bonds. The molecular formula is C15H20N4. The molecule has 6 N–H and O–H groups in total. The third-order valence-electron chi connectivity index (χ3n) is 2.83. The van der Waals surface area contributed by atoms with Crippen LogP contribution in [-0.2, 0) is 0 Å². The number of hydrogen-bond acceptors (Lipinski definition) is 4. The Labute approximate surface area is 113 Å². The monoisotopic (exact) mass is 256 g/mol. The first-order chi connectivity index (χ1) is 9.24. The third-order valence-corrected chi connectivity index (χ3v) is 2.83. The number of hydrogen-bond donors (Lipinski definition) is 4. The smallest absolute Gasteiger partial charge is 0.0341 e. The summed E-state index contributed by atoms with van der Waals surface area (Å²) in [6.07, 6.45) is 1.04. The quantitative estimate of drug-likeness (QED) is 0.473. The molecule has 0 spiro atoms. The molecule has 100 valence electrons. The Hall–Kier alpha value is -2.36. The molecule has 0 aromatic heterocycles. The van der Waals surface area contributed by atoms with Crippen LogP contribution in [0.25, 0.3) is 0 Å². The highest BCUT2D eigenvalue weighted by Gasteiger charge is 1.93. The van der Waals surface area contributed by atoms with Crippen LogP contribution in [0.4, 0.5) is 22.7 Å². The normalized spacial score (nSPS) is 10.1. The van der Waals surface area contributed by atoms with Crippen molar-refractivity contribution in [2.45, 2.75) is 6.42 Å². The average molecular weight is 256 g/mol. The van der Waals surface area contributed by atoms with E-state index in [2.05, 4.69) is 10.6 Å². The molecule has 2 aromatic carbocycles. The molecule has 0 bridgehead atoms. The van der Waals surface area contributed by atoms with Crippen LogP contribution >= 0.6 is 0 Å². The van der Waals surface area contributed by atoms with Crippen molar-refractivity contribution in [1.82, 2.24) is 0 Å². The maximum absolute atomic E-state index is 5.63. The minimum absolute atomic E-state index is 0.788.